The summed E-state index contributed by atoms with van der Waals surface area (Å²) in [5.41, 5.74) is -0.867. The highest BCUT2D eigenvalue weighted by Gasteiger charge is 2.42. The van der Waals surface area contributed by atoms with Crippen molar-refractivity contribution >= 4 is 39.5 Å². The Morgan fingerprint density at radius 1 is 1.50 bits per heavy atom. The summed E-state index contributed by atoms with van der Waals surface area (Å²) in [6.07, 6.45) is 1.60. The molecule has 0 spiro atoms. The molecule has 1 aromatic heterocycles. The topological polar surface area (TPSA) is 87.2 Å². The predicted molar refractivity (Wildman–Crippen MR) is 78.5 cm³/mol. The monoisotopic (exact) mass is 341 g/mol. The van der Waals surface area contributed by atoms with Crippen molar-refractivity contribution in [3.8, 4) is 0 Å². The second-order valence-electron chi connectivity index (χ2n) is 4.92. The molecule has 1 saturated heterocycles. The van der Waals surface area contributed by atoms with E-state index in [1.54, 1.807) is 24.9 Å². The first-order chi connectivity index (χ1) is 9.36. The van der Waals surface area contributed by atoms with Crippen LogP contribution in [0, 0.1) is 0 Å². The number of carbonyl (C=O) groups excluding carboxylic acids is 2. The van der Waals surface area contributed by atoms with Gasteiger partial charge in [-0.15, -0.1) is 0 Å². The smallest absolute Gasteiger partial charge is 0.251 e. The van der Waals surface area contributed by atoms with E-state index in [2.05, 4.69) is 36.5 Å². The maximum absolute atomic E-state index is 12.0. The number of carbonyl (C=O) groups is 2. The third-order valence-corrected chi connectivity index (χ3v) is 3.66. The van der Waals surface area contributed by atoms with Crippen LogP contribution in [0.15, 0.2) is 10.7 Å². The molecule has 0 atom stereocenters. The molecule has 8 heteroatoms. The van der Waals surface area contributed by atoms with Crippen molar-refractivity contribution in [1.29, 1.82) is 0 Å². The largest absolute Gasteiger partial charge is 0.354 e. The minimum absolute atomic E-state index is 0.0694. The molecule has 0 saturated carbocycles. The van der Waals surface area contributed by atoms with E-state index in [9.17, 15) is 9.59 Å². The zero-order chi connectivity index (χ0) is 14.9. The normalized spacial score (nSPS) is 17.9. The van der Waals surface area contributed by atoms with E-state index in [4.69, 9.17) is 0 Å². The number of anilines is 2. The summed E-state index contributed by atoms with van der Waals surface area (Å²) in [5, 5.41) is 5.34. The van der Waals surface area contributed by atoms with Crippen LogP contribution in [0.5, 0.6) is 0 Å². The van der Waals surface area contributed by atoms with Gasteiger partial charge in [0.1, 0.15) is 11.4 Å². The Hall–Kier alpha value is -1.70. The second-order valence-corrected chi connectivity index (χ2v) is 5.77. The number of aromatic nitrogens is 2. The molecule has 0 aliphatic carbocycles. The number of hydrogen-bond acceptors (Lipinski definition) is 6. The van der Waals surface area contributed by atoms with E-state index in [0.717, 1.165) is 0 Å². The van der Waals surface area contributed by atoms with Gasteiger partial charge in [-0.1, -0.05) is 0 Å². The van der Waals surface area contributed by atoms with Gasteiger partial charge in [-0.25, -0.2) is 4.98 Å². The molecular formula is C12H16BrN5O2. The fourth-order valence-corrected chi connectivity index (χ4v) is 2.32. The molecule has 108 valence electrons. The number of rotatable bonds is 3. The van der Waals surface area contributed by atoms with Crippen LogP contribution >= 0.6 is 15.9 Å². The minimum atomic E-state index is -0.867. The number of nitrogens with zero attached hydrogens (tertiary/aromatic N) is 3. The molecule has 0 unspecified atom stereocenters. The molecular weight excluding hydrogens is 326 g/mol. The van der Waals surface area contributed by atoms with Crippen molar-refractivity contribution in [1.82, 2.24) is 15.3 Å². The molecule has 1 aliphatic heterocycles. The molecule has 20 heavy (non-hydrogen) atoms. The average Bonchev–Trinajstić information content (AvgIpc) is 2.37. The molecule has 1 fully saturated rings. The van der Waals surface area contributed by atoms with Crippen LogP contribution in [0.25, 0.3) is 0 Å². The Kier molecular flexibility index (Phi) is 3.94. The van der Waals surface area contributed by atoms with Crippen molar-refractivity contribution in [2.24, 2.45) is 0 Å². The summed E-state index contributed by atoms with van der Waals surface area (Å²) >= 11 is 3.37. The first kappa shape index (κ1) is 14.7. The average molecular weight is 342 g/mol. The van der Waals surface area contributed by atoms with Gasteiger partial charge in [0.05, 0.1) is 11.0 Å². The van der Waals surface area contributed by atoms with Crippen molar-refractivity contribution in [3.63, 3.8) is 0 Å². The summed E-state index contributed by atoms with van der Waals surface area (Å²) in [6.45, 7) is 6.18. The highest BCUT2D eigenvalue weighted by atomic mass is 79.9. The standard InChI is InChI=1S/C12H16BrN5O2/c1-4-14-11-15-5-7(13)9(17-11)18-6-8(19)16-10(20)12(18,2)3/h5H,4,6H2,1-3H3,(H,14,15,17)(H,16,19,20). The summed E-state index contributed by atoms with van der Waals surface area (Å²) in [7, 11) is 0. The Bertz CT molecular complexity index is 561. The lowest BCUT2D eigenvalue weighted by molar-refractivity contribution is -0.135. The quantitative estimate of drug-likeness (QED) is 0.794. The van der Waals surface area contributed by atoms with Gasteiger partial charge in [0.25, 0.3) is 5.91 Å². The SMILES string of the molecule is CCNc1ncc(Br)c(N2CC(=O)NC(=O)C2(C)C)n1. The summed E-state index contributed by atoms with van der Waals surface area (Å²) in [4.78, 5) is 33.8. The molecule has 2 heterocycles. The summed E-state index contributed by atoms with van der Waals surface area (Å²) in [5.74, 6) is 0.290. The van der Waals surface area contributed by atoms with Crippen molar-refractivity contribution in [2.75, 3.05) is 23.3 Å². The van der Waals surface area contributed by atoms with Crippen LogP contribution in [-0.4, -0.2) is 40.4 Å². The van der Waals surface area contributed by atoms with Crippen LogP contribution in [-0.2, 0) is 9.59 Å². The molecule has 2 N–H and O–H groups in total. The van der Waals surface area contributed by atoms with Crippen LogP contribution < -0.4 is 15.5 Å². The molecule has 1 aliphatic rings. The van der Waals surface area contributed by atoms with E-state index in [1.165, 1.54) is 0 Å². The van der Waals surface area contributed by atoms with Crippen molar-refractivity contribution in [3.05, 3.63) is 10.7 Å². The maximum Gasteiger partial charge on any atom is 0.251 e. The third kappa shape index (κ3) is 2.60. The molecule has 7 nitrogen and oxygen atoms in total. The lowest BCUT2D eigenvalue weighted by Gasteiger charge is -2.41. The third-order valence-electron chi connectivity index (χ3n) is 3.10. The van der Waals surface area contributed by atoms with Gasteiger partial charge in [-0.2, -0.15) is 4.98 Å². The van der Waals surface area contributed by atoms with Gasteiger partial charge in [-0.3, -0.25) is 14.9 Å². The van der Waals surface area contributed by atoms with E-state index < -0.39 is 5.54 Å². The van der Waals surface area contributed by atoms with Gasteiger partial charge in [0.2, 0.25) is 11.9 Å². The van der Waals surface area contributed by atoms with Gasteiger partial charge in [0.15, 0.2) is 0 Å². The molecule has 0 radical (unpaired) electrons. The Labute approximate surface area is 125 Å². The van der Waals surface area contributed by atoms with Gasteiger partial charge in [-0.05, 0) is 36.7 Å². The van der Waals surface area contributed by atoms with Gasteiger partial charge >= 0.3 is 0 Å². The number of halogens is 1. The Balaban J connectivity index is 2.45. The minimum Gasteiger partial charge on any atom is -0.354 e. The second kappa shape index (κ2) is 5.35. The highest BCUT2D eigenvalue weighted by molar-refractivity contribution is 9.10. The van der Waals surface area contributed by atoms with Crippen LogP contribution in [0.1, 0.15) is 20.8 Å². The first-order valence-corrected chi connectivity index (χ1v) is 7.04. The Morgan fingerprint density at radius 2 is 2.20 bits per heavy atom. The fourth-order valence-electron chi connectivity index (χ4n) is 1.91. The van der Waals surface area contributed by atoms with Crippen molar-refractivity contribution in [2.45, 2.75) is 26.3 Å². The van der Waals surface area contributed by atoms with Crippen LogP contribution in [0.3, 0.4) is 0 Å². The summed E-state index contributed by atoms with van der Waals surface area (Å²) < 4.78 is 0.634. The van der Waals surface area contributed by atoms with Gasteiger partial charge in [0, 0.05) is 12.7 Å². The number of amides is 2. The van der Waals surface area contributed by atoms with Crippen molar-refractivity contribution < 1.29 is 9.59 Å². The lowest BCUT2D eigenvalue weighted by atomic mass is 9.99. The highest BCUT2D eigenvalue weighted by Crippen LogP contribution is 2.31. The zero-order valence-corrected chi connectivity index (χ0v) is 13.1. The predicted octanol–water partition coefficient (Wildman–Crippen LogP) is 0.912. The number of nitrogens with one attached hydrogen (secondary N) is 2. The van der Waals surface area contributed by atoms with E-state index in [0.29, 0.717) is 22.8 Å². The number of imide groups is 1. The summed E-state index contributed by atoms with van der Waals surface area (Å²) in [6, 6.07) is 0. The fraction of sp³-hybridized carbons (Fsp3) is 0.500. The molecule has 1 aromatic rings. The van der Waals surface area contributed by atoms with Crippen LogP contribution in [0.4, 0.5) is 11.8 Å². The molecule has 0 bridgehead atoms. The first-order valence-electron chi connectivity index (χ1n) is 6.24. The van der Waals surface area contributed by atoms with Crippen LogP contribution in [0.2, 0.25) is 0 Å². The molecule has 2 amide bonds. The van der Waals surface area contributed by atoms with Gasteiger partial charge < -0.3 is 10.2 Å². The molecule has 2 rings (SSSR count). The maximum atomic E-state index is 12.0. The molecule has 0 aromatic carbocycles. The lowest BCUT2D eigenvalue weighted by Crippen LogP contribution is -2.64. The number of hydrogen-bond donors (Lipinski definition) is 2. The number of piperazine rings is 1. The Morgan fingerprint density at radius 3 is 2.85 bits per heavy atom. The van der Waals surface area contributed by atoms with E-state index in [1.807, 2.05) is 6.92 Å². The van der Waals surface area contributed by atoms with E-state index >= 15 is 0 Å². The zero-order valence-electron chi connectivity index (χ0n) is 11.5. The van der Waals surface area contributed by atoms with E-state index in [-0.39, 0.29) is 18.4 Å².